The molecule has 2 aliphatic rings. The lowest BCUT2D eigenvalue weighted by atomic mass is 9.90. The number of nitrogens with zero attached hydrogens (tertiary/aromatic N) is 2. The normalized spacial score (nSPS) is 22.9. The van der Waals surface area contributed by atoms with E-state index in [4.69, 9.17) is 28.0 Å². The lowest BCUT2D eigenvalue weighted by Gasteiger charge is -2.29. The molecule has 156 valence electrons. The Balaban J connectivity index is 1.57. The number of hydrogen-bond acceptors (Lipinski definition) is 4. The number of anilines is 2. The van der Waals surface area contributed by atoms with Crippen molar-refractivity contribution < 1.29 is 14.4 Å². The van der Waals surface area contributed by atoms with Gasteiger partial charge in [-0.1, -0.05) is 53.0 Å². The first-order valence-electron chi connectivity index (χ1n) is 9.85. The van der Waals surface area contributed by atoms with Crippen molar-refractivity contribution in [2.45, 2.75) is 19.1 Å². The highest BCUT2D eigenvalue weighted by atomic mass is 35.5. The second-order valence-electron chi connectivity index (χ2n) is 7.70. The summed E-state index contributed by atoms with van der Waals surface area (Å²) in [5.41, 5.74) is 3.21. The summed E-state index contributed by atoms with van der Waals surface area (Å²) in [4.78, 5) is 34.1. The maximum atomic E-state index is 13.5. The first-order valence-corrected chi connectivity index (χ1v) is 10.6. The zero-order valence-electron chi connectivity index (χ0n) is 16.5. The van der Waals surface area contributed by atoms with Crippen LogP contribution in [0.25, 0.3) is 0 Å². The molecule has 3 aromatic carbocycles. The lowest BCUT2D eigenvalue weighted by Crippen LogP contribution is -2.37. The van der Waals surface area contributed by atoms with Gasteiger partial charge in [0.05, 0.1) is 17.4 Å². The molecule has 2 aliphatic heterocycles. The molecular formula is C24H18Cl2N2O3. The number of carbonyl (C=O) groups excluding carboxylic acids is 2. The Bertz CT molecular complexity index is 1150. The number of hydroxylamine groups is 1. The van der Waals surface area contributed by atoms with E-state index in [1.54, 1.807) is 41.5 Å². The Morgan fingerprint density at radius 3 is 1.87 bits per heavy atom. The molecule has 3 unspecified atom stereocenters. The van der Waals surface area contributed by atoms with E-state index in [9.17, 15) is 9.59 Å². The summed E-state index contributed by atoms with van der Waals surface area (Å²) in [7, 11) is 0. The molecule has 2 heterocycles. The van der Waals surface area contributed by atoms with Gasteiger partial charge in [-0.15, -0.1) is 0 Å². The molecule has 0 spiro atoms. The third-order valence-electron chi connectivity index (χ3n) is 5.70. The summed E-state index contributed by atoms with van der Waals surface area (Å²) in [6.07, 6.45) is -0.912. The molecule has 0 N–H and O–H groups in total. The molecule has 2 fully saturated rings. The van der Waals surface area contributed by atoms with Crippen LogP contribution in [0.5, 0.6) is 0 Å². The van der Waals surface area contributed by atoms with Gasteiger partial charge in [-0.2, -0.15) is 0 Å². The number of fused-ring (bicyclic) bond motifs is 1. The van der Waals surface area contributed by atoms with Gasteiger partial charge in [0.2, 0.25) is 5.91 Å². The summed E-state index contributed by atoms with van der Waals surface area (Å²) in [6, 6.07) is 21.2. The van der Waals surface area contributed by atoms with Crippen molar-refractivity contribution in [3.05, 3.63) is 94.0 Å². The highest BCUT2D eigenvalue weighted by Crippen LogP contribution is 2.47. The molecule has 2 saturated heterocycles. The molecule has 0 aliphatic carbocycles. The van der Waals surface area contributed by atoms with E-state index in [0.29, 0.717) is 15.7 Å². The molecule has 0 radical (unpaired) electrons. The van der Waals surface area contributed by atoms with Crippen LogP contribution < -0.4 is 9.96 Å². The largest absolute Gasteiger partial charge is 0.273 e. The van der Waals surface area contributed by atoms with E-state index in [2.05, 4.69) is 0 Å². The number of halogens is 2. The highest BCUT2D eigenvalue weighted by Gasteiger charge is 2.60. The monoisotopic (exact) mass is 452 g/mol. The number of carbonyl (C=O) groups is 2. The summed E-state index contributed by atoms with van der Waals surface area (Å²) >= 11 is 12.0. The van der Waals surface area contributed by atoms with Gasteiger partial charge in [0.15, 0.2) is 6.10 Å². The van der Waals surface area contributed by atoms with Crippen LogP contribution in [-0.2, 0) is 14.4 Å². The summed E-state index contributed by atoms with van der Waals surface area (Å²) in [6.45, 7) is 2.00. The van der Waals surface area contributed by atoms with E-state index >= 15 is 0 Å². The minimum Gasteiger partial charge on any atom is -0.273 e. The number of hydrogen-bond donors (Lipinski definition) is 0. The van der Waals surface area contributed by atoms with E-state index in [-0.39, 0.29) is 11.8 Å². The quantitative estimate of drug-likeness (QED) is 0.502. The average molecular weight is 453 g/mol. The molecule has 2 amide bonds. The van der Waals surface area contributed by atoms with Crippen molar-refractivity contribution in [2.75, 3.05) is 9.96 Å². The second-order valence-corrected chi connectivity index (χ2v) is 8.57. The third-order valence-corrected chi connectivity index (χ3v) is 6.20. The predicted octanol–water partition coefficient (Wildman–Crippen LogP) is 5.35. The van der Waals surface area contributed by atoms with Crippen LogP contribution in [0.4, 0.5) is 11.4 Å². The predicted molar refractivity (Wildman–Crippen MR) is 120 cm³/mol. The topological polar surface area (TPSA) is 49.9 Å². The molecule has 7 heteroatoms. The van der Waals surface area contributed by atoms with Gasteiger partial charge < -0.3 is 0 Å². The van der Waals surface area contributed by atoms with Gasteiger partial charge in [-0.3, -0.25) is 14.4 Å². The van der Waals surface area contributed by atoms with E-state index < -0.39 is 18.1 Å². The highest BCUT2D eigenvalue weighted by molar-refractivity contribution is 6.31. The molecule has 3 atom stereocenters. The Morgan fingerprint density at radius 1 is 0.742 bits per heavy atom. The minimum absolute atomic E-state index is 0.292. The molecule has 31 heavy (non-hydrogen) atoms. The minimum atomic E-state index is -0.912. The Kier molecular flexibility index (Phi) is 4.97. The van der Waals surface area contributed by atoms with E-state index in [1.165, 1.54) is 4.90 Å². The van der Waals surface area contributed by atoms with Crippen molar-refractivity contribution in [2.24, 2.45) is 5.92 Å². The number of imide groups is 1. The lowest BCUT2D eigenvalue weighted by molar-refractivity contribution is -0.126. The van der Waals surface area contributed by atoms with Crippen LogP contribution >= 0.6 is 23.2 Å². The van der Waals surface area contributed by atoms with Crippen LogP contribution in [0.1, 0.15) is 17.2 Å². The molecule has 5 rings (SSSR count). The van der Waals surface area contributed by atoms with Crippen molar-refractivity contribution in [1.82, 2.24) is 0 Å². The third kappa shape index (κ3) is 3.39. The number of benzene rings is 3. The summed E-state index contributed by atoms with van der Waals surface area (Å²) in [5.74, 6) is -1.35. The van der Waals surface area contributed by atoms with Crippen molar-refractivity contribution >= 4 is 46.4 Å². The fourth-order valence-corrected chi connectivity index (χ4v) is 4.43. The van der Waals surface area contributed by atoms with Crippen LogP contribution in [0.2, 0.25) is 10.0 Å². The molecule has 3 aromatic rings. The van der Waals surface area contributed by atoms with Gasteiger partial charge in [0, 0.05) is 10.0 Å². The first-order chi connectivity index (χ1) is 14.9. The second kappa shape index (κ2) is 7.68. The van der Waals surface area contributed by atoms with Gasteiger partial charge in [-0.05, 0) is 61.0 Å². The molecule has 0 bridgehead atoms. The van der Waals surface area contributed by atoms with Gasteiger partial charge >= 0.3 is 0 Å². The van der Waals surface area contributed by atoms with Crippen LogP contribution in [-0.4, -0.2) is 17.9 Å². The molecule has 0 saturated carbocycles. The Hall–Kier alpha value is -2.86. The average Bonchev–Trinajstić information content (AvgIpc) is 3.26. The summed E-state index contributed by atoms with van der Waals surface area (Å²) < 4.78 is 0. The van der Waals surface area contributed by atoms with Crippen LogP contribution in [0.3, 0.4) is 0 Å². The van der Waals surface area contributed by atoms with Crippen LogP contribution in [0.15, 0.2) is 72.8 Å². The zero-order valence-corrected chi connectivity index (χ0v) is 18.0. The first kappa shape index (κ1) is 20.1. The standard InChI is InChI=1S/C24H18Cl2N2O3/c1-14-2-4-15(5-3-14)21-20-22(31-28(21)19-12-8-17(26)9-13-19)24(30)27(23(20)29)18-10-6-16(25)7-11-18/h2-13,20-22H,1H3. The van der Waals surface area contributed by atoms with Gasteiger partial charge in [0.25, 0.3) is 5.91 Å². The SMILES string of the molecule is Cc1ccc(C2C3C(=O)N(c4ccc(Cl)cc4)C(=O)C3ON2c2ccc(Cl)cc2)cc1. The fourth-order valence-electron chi connectivity index (χ4n) is 4.17. The van der Waals surface area contributed by atoms with Gasteiger partial charge in [-0.25, -0.2) is 9.96 Å². The molecule has 5 nitrogen and oxygen atoms in total. The Labute approximate surface area is 189 Å². The number of aryl methyl sites for hydroxylation is 1. The smallest absolute Gasteiger partial charge is 0.266 e. The van der Waals surface area contributed by atoms with Crippen molar-refractivity contribution in [3.8, 4) is 0 Å². The van der Waals surface area contributed by atoms with Crippen molar-refractivity contribution in [1.29, 1.82) is 0 Å². The van der Waals surface area contributed by atoms with Crippen molar-refractivity contribution in [3.63, 3.8) is 0 Å². The number of amides is 2. The van der Waals surface area contributed by atoms with E-state index in [0.717, 1.165) is 16.8 Å². The Morgan fingerprint density at radius 2 is 1.29 bits per heavy atom. The fraction of sp³-hybridized carbons (Fsp3) is 0.167. The number of rotatable bonds is 3. The maximum absolute atomic E-state index is 13.5. The van der Waals surface area contributed by atoms with E-state index in [1.807, 2.05) is 43.3 Å². The molecule has 0 aromatic heterocycles. The molecular weight excluding hydrogens is 435 g/mol. The van der Waals surface area contributed by atoms with Gasteiger partial charge in [0.1, 0.15) is 5.92 Å². The zero-order chi connectivity index (χ0) is 21.7. The maximum Gasteiger partial charge on any atom is 0.266 e. The van der Waals surface area contributed by atoms with Crippen LogP contribution in [0, 0.1) is 12.8 Å². The summed E-state index contributed by atoms with van der Waals surface area (Å²) in [5, 5.41) is 2.78.